The van der Waals surface area contributed by atoms with Crippen molar-refractivity contribution in [1.29, 1.82) is 5.26 Å². The standard InChI is InChI=1S/C11H12N2O4S/c1-8(11(14)17-2)18(15,16)13-10-6-4-3-5-9(10)7-12/h3-6,8,13H,1-2H3. The Labute approximate surface area is 105 Å². The lowest BCUT2D eigenvalue weighted by Crippen LogP contribution is -2.33. The maximum absolute atomic E-state index is 11.8. The number of nitriles is 1. The van der Waals surface area contributed by atoms with Gasteiger partial charge in [-0.1, -0.05) is 12.1 Å². The van der Waals surface area contributed by atoms with E-state index in [9.17, 15) is 13.2 Å². The molecule has 1 aromatic carbocycles. The first-order valence-corrected chi connectivity index (χ1v) is 6.55. The first-order valence-electron chi connectivity index (χ1n) is 5.01. The van der Waals surface area contributed by atoms with Crippen molar-refractivity contribution < 1.29 is 17.9 Å². The predicted octanol–water partition coefficient (Wildman–Crippen LogP) is 0.861. The van der Waals surface area contributed by atoms with E-state index in [0.717, 1.165) is 7.11 Å². The molecule has 96 valence electrons. The Morgan fingerprint density at radius 1 is 1.44 bits per heavy atom. The molecule has 6 nitrogen and oxygen atoms in total. The van der Waals surface area contributed by atoms with Gasteiger partial charge in [-0.15, -0.1) is 0 Å². The van der Waals surface area contributed by atoms with Gasteiger partial charge < -0.3 is 4.74 Å². The number of anilines is 1. The second kappa shape index (κ2) is 5.51. The van der Waals surface area contributed by atoms with E-state index in [1.165, 1.54) is 19.1 Å². The summed E-state index contributed by atoms with van der Waals surface area (Å²) in [5.74, 6) is -0.864. The molecule has 1 rings (SSSR count). The zero-order valence-electron chi connectivity index (χ0n) is 9.88. The highest BCUT2D eigenvalue weighted by atomic mass is 32.2. The summed E-state index contributed by atoms with van der Waals surface area (Å²) in [5.41, 5.74) is 0.314. The van der Waals surface area contributed by atoms with E-state index < -0.39 is 21.2 Å². The Bertz CT molecular complexity index is 589. The van der Waals surface area contributed by atoms with Gasteiger partial charge in [-0.05, 0) is 19.1 Å². The summed E-state index contributed by atoms with van der Waals surface area (Å²) in [6, 6.07) is 7.97. The molecule has 7 heteroatoms. The summed E-state index contributed by atoms with van der Waals surface area (Å²) in [4.78, 5) is 11.2. The van der Waals surface area contributed by atoms with Crippen LogP contribution in [0.4, 0.5) is 5.69 Å². The van der Waals surface area contributed by atoms with Gasteiger partial charge in [0.05, 0.1) is 18.4 Å². The Morgan fingerprint density at radius 3 is 2.61 bits per heavy atom. The van der Waals surface area contributed by atoms with Crippen molar-refractivity contribution in [3.8, 4) is 6.07 Å². The number of sulfonamides is 1. The maximum Gasteiger partial charge on any atom is 0.325 e. The minimum Gasteiger partial charge on any atom is -0.468 e. The van der Waals surface area contributed by atoms with Crippen LogP contribution in [-0.2, 0) is 19.6 Å². The molecule has 0 aliphatic heterocycles. The largest absolute Gasteiger partial charge is 0.468 e. The summed E-state index contributed by atoms with van der Waals surface area (Å²) < 4.78 is 30.3. The second-order valence-electron chi connectivity index (χ2n) is 3.47. The van der Waals surface area contributed by atoms with Crippen LogP contribution in [0, 0.1) is 11.3 Å². The number of hydrogen-bond donors (Lipinski definition) is 1. The van der Waals surface area contributed by atoms with Crippen LogP contribution >= 0.6 is 0 Å². The summed E-state index contributed by atoms with van der Waals surface area (Å²) in [6.45, 7) is 1.21. The molecule has 1 unspecified atom stereocenters. The molecule has 0 aromatic heterocycles. The van der Waals surface area contributed by atoms with E-state index in [2.05, 4.69) is 9.46 Å². The number of carbonyl (C=O) groups is 1. The lowest BCUT2D eigenvalue weighted by Gasteiger charge is -2.13. The highest BCUT2D eigenvalue weighted by Crippen LogP contribution is 2.17. The van der Waals surface area contributed by atoms with Gasteiger partial charge in [-0.2, -0.15) is 5.26 Å². The van der Waals surface area contributed by atoms with Gasteiger partial charge >= 0.3 is 5.97 Å². The molecular formula is C11H12N2O4S. The van der Waals surface area contributed by atoms with E-state index >= 15 is 0 Å². The van der Waals surface area contributed by atoms with Crippen LogP contribution in [0.3, 0.4) is 0 Å². The zero-order valence-corrected chi connectivity index (χ0v) is 10.7. The molecule has 1 aromatic rings. The van der Waals surface area contributed by atoms with Crippen molar-refractivity contribution in [1.82, 2.24) is 0 Å². The minimum atomic E-state index is -3.93. The minimum absolute atomic E-state index is 0.135. The number of para-hydroxylation sites is 1. The average Bonchev–Trinajstić information content (AvgIpc) is 2.37. The average molecular weight is 268 g/mol. The van der Waals surface area contributed by atoms with Crippen LogP contribution < -0.4 is 4.72 Å². The number of rotatable bonds is 4. The smallest absolute Gasteiger partial charge is 0.325 e. The fourth-order valence-electron chi connectivity index (χ4n) is 1.20. The molecule has 0 saturated heterocycles. The van der Waals surface area contributed by atoms with Crippen LogP contribution in [0.5, 0.6) is 0 Å². The van der Waals surface area contributed by atoms with Crippen molar-refractivity contribution in [3.05, 3.63) is 29.8 Å². The number of methoxy groups -OCH3 is 1. The van der Waals surface area contributed by atoms with Crippen LogP contribution in [0.15, 0.2) is 24.3 Å². The monoisotopic (exact) mass is 268 g/mol. The molecule has 18 heavy (non-hydrogen) atoms. The number of carbonyl (C=O) groups excluding carboxylic acids is 1. The number of nitrogens with zero attached hydrogens (tertiary/aromatic N) is 1. The molecule has 0 saturated carbocycles. The molecule has 0 bridgehead atoms. The van der Waals surface area contributed by atoms with Gasteiger partial charge in [0.25, 0.3) is 0 Å². The normalized spacial score (nSPS) is 12.3. The lowest BCUT2D eigenvalue weighted by molar-refractivity contribution is -0.139. The van der Waals surface area contributed by atoms with Crippen molar-refractivity contribution >= 4 is 21.7 Å². The van der Waals surface area contributed by atoms with Gasteiger partial charge in [0.1, 0.15) is 6.07 Å². The Kier molecular flexibility index (Phi) is 4.28. The topological polar surface area (TPSA) is 96.3 Å². The molecule has 1 atom stereocenters. The van der Waals surface area contributed by atoms with Gasteiger partial charge in [-0.3, -0.25) is 9.52 Å². The molecular weight excluding hydrogens is 256 g/mol. The first-order chi connectivity index (χ1) is 8.42. The van der Waals surface area contributed by atoms with Gasteiger partial charge in [-0.25, -0.2) is 8.42 Å². The maximum atomic E-state index is 11.8. The molecule has 0 amide bonds. The number of ether oxygens (including phenoxy) is 1. The highest BCUT2D eigenvalue weighted by Gasteiger charge is 2.29. The molecule has 1 N–H and O–H groups in total. The number of hydrogen-bond acceptors (Lipinski definition) is 5. The fraction of sp³-hybridized carbons (Fsp3) is 0.273. The molecule has 0 spiro atoms. The summed E-state index contributed by atoms with van der Waals surface area (Å²) >= 11 is 0. The van der Waals surface area contributed by atoms with Crippen LogP contribution in [0.25, 0.3) is 0 Å². The van der Waals surface area contributed by atoms with E-state index in [0.29, 0.717) is 0 Å². The number of benzene rings is 1. The fourth-order valence-corrected chi connectivity index (χ4v) is 2.21. The van der Waals surface area contributed by atoms with Crippen molar-refractivity contribution in [2.24, 2.45) is 0 Å². The zero-order chi connectivity index (χ0) is 13.8. The summed E-state index contributed by atoms with van der Waals surface area (Å²) in [7, 11) is -2.82. The second-order valence-corrected chi connectivity index (χ2v) is 5.47. The van der Waals surface area contributed by atoms with Gasteiger partial charge in [0.15, 0.2) is 5.25 Å². The predicted molar refractivity (Wildman–Crippen MR) is 65.2 cm³/mol. The third kappa shape index (κ3) is 2.99. The van der Waals surface area contributed by atoms with E-state index in [-0.39, 0.29) is 11.3 Å². The Hall–Kier alpha value is -2.07. The highest BCUT2D eigenvalue weighted by molar-refractivity contribution is 7.94. The summed E-state index contributed by atoms with van der Waals surface area (Å²) in [5, 5.41) is 7.48. The van der Waals surface area contributed by atoms with E-state index in [1.807, 2.05) is 6.07 Å². The van der Waals surface area contributed by atoms with Gasteiger partial charge in [0, 0.05) is 0 Å². The quantitative estimate of drug-likeness (QED) is 0.817. The molecule has 0 aliphatic rings. The SMILES string of the molecule is COC(=O)C(C)S(=O)(=O)Nc1ccccc1C#N. The molecule has 0 aliphatic carbocycles. The third-order valence-corrected chi connectivity index (χ3v) is 3.93. The third-order valence-electron chi connectivity index (χ3n) is 2.30. The number of nitrogens with one attached hydrogen (secondary N) is 1. The van der Waals surface area contributed by atoms with E-state index in [4.69, 9.17) is 5.26 Å². The van der Waals surface area contributed by atoms with Crippen molar-refractivity contribution in [3.63, 3.8) is 0 Å². The van der Waals surface area contributed by atoms with Crippen LogP contribution in [-0.4, -0.2) is 26.7 Å². The molecule has 0 heterocycles. The molecule has 0 fully saturated rings. The van der Waals surface area contributed by atoms with Gasteiger partial charge in [0.2, 0.25) is 10.0 Å². The van der Waals surface area contributed by atoms with Crippen LogP contribution in [0.1, 0.15) is 12.5 Å². The van der Waals surface area contributed by atoms with Crippen LogP contribution in [0.2, 0.25) is 0 Å². The van der Waals surface area contributed by atoms with Crippen molar-refractivity contribution in [2.45, 2.75) is 12.2 Å². The number of esters is 1. The Morgan fingerprint density at radius 2 is 2.06 bits per heavy atom. The van der Waals surface area contributed by atoms with Crippen molar-refractivity contribution in [2.75, 3.05) is 11.8 Å². The Balaban J connectivity index is 3.04. The van der Waals surface area contributed by atoms with E-state index in [1.54, 1.807) is 12.1 Å². The summed E-state index contributed by atoms with van der Waals surface area (Å²) in [6.07, 6.45) is 0. The molecule has 0 radical (unpaired) electrons. The first kappa shape index (κ1) is 14.0. The lowest BCUT2D eigenvalue weighted by atomic mass is 10.2.